The van der Waals surface area contributed by atoms with Gasteiger partial charge in [-0.2, -0.15) is 5.10 Å². The molecule has 96 valence electrons. The molecule has 4 heteroatoms. The molecule has 0 atom stereocenters. The Morgan fingerprint density at radius 2 is 1.65 bits per heavy atom. The van der Waals surface area contributed by atoms with Crippen LogP contribution in [-0.2, 0) is 18.5 Å². The van der Waals surface area contributed by atoms with E-state index in [1.165, 1.54) is 0 Å². The lowest BCUT2D eigenvalue weighted by molar-refractivity contribution is 0.0967. The smallest absolute Gasteiger partial charge is 0.156 e. The standard InChI is InChI=1S/C13H24N4/c1-12(2,3)11-14-10-9-16(13(4,5)6)7-8-17(10)15-11/h7-9H2,1-6H3. The second-order valence-corrected chi connectivity index (χ2v) is 6.92. The maximum Gasteiger partial charge on any atom is 0.156 e. The van der Waals surface area contributed by atoms with E-state index in [-0.39, 0.29) is 11.0 Å². The summed E-state index contributed by atoms with van der Waals surface area (Å²) < 4.78 is 2.07. The molecule has 0 fully saturated rings. The Hall–Kier alpha value is -0.900. The normalized spacial score (nSPS) is 18.2. The largest absolute Gasteiger partial charge is 0.289 e. The fourth-order valence-electron chi connectivity index (χ4n) is 2.03. The molecular weight excluding hydrogens is 212 g/mol. The molecule has 1 aliphatic rings. The van der Waals surface area contributed by atoms with E-state index in [0.29, 0.717) is 0 Å². The van der Waals surface area contributed by atoms with E-state index in [1.54, 1.807) is 0 Å². The predicted octanol–water partition coefficient (Wildman–Crippen LogP) is 2.19. The van der Waals surface area contributed by atoms with E-state index in [1.807, 2.05) is 0 Å². The number of nitrogens with zero attached hydrogens (tertiary/aromatic N) is 4. The summed E-state index contributed by atoms with van der Waals surface area (Å²) in [6, 6.07) is 0. The number of rotatable bonds is 0. The van der Waals surface area contributed by atoms with Crippen molar-refractivity contribution in [2.45, 2.75) is 65.6 Å². The van der Waals surface area contributed by atoms with Crippen molar-refractivity contribution in [1.29, 1.82) is 0 Å². The van der Waals surface area contributed by atoms with E-state index in [2.05, 4.69) is 56.2 Å². The molecule has 0 saturated carbocycles. The van der Waals surface area contributed by atoms with E-state index >= 15 is 0 Å². The van der Waals surface area contributed by atoms with Gasteiger partial charge in [0.1, 0.15) is 5.82 Å². The van der Waals surface area contributed by atoms with Crippen molar-refractivity contribution in [3.8, 4) is 0 Å². The van der Waals surface area contributed by atoms with E-state index < -0.39 is 0 Å². The summed E-state index contributed by atoms with van der Waals surface area (Å²) in [6.07, 6.45) is 0. The van der Waals surface area contributed by atoms with Gasteiger partial charge in [0, 0.05) is 17.5 Å². The van der Waals surface area contributed by atoms with Crippen molar-refractivity contribution in [2.75, 3.05) is 6.54 Å². The lowest BCUT2D eigenvalue weighted by Gasteiger charge is -2.37. The van der Waals surface area contributed by atoms with Crippen LogP contribution in [0.15, 0.2) is 0 Å². The molecule has 4 nitrogen and oxygen atoms in total. The van der Waals surface area contributed by atoms with Crippen molar-refractivity contribution in [3.05, 3.63) is 11.6 Å². The summed E-state index contributed by atoms with van der Waals surface area (Å²) in [4.78, 5) is 7.16. The number of hydrogen-bond donors (Lipinski definition) is 0. The summed E-state index contributed by atoms with van der Waals surface area (Å²) in [5.41, 5.74) is 0.246. The lowest BCUT2D eigenvalue weighted by Crippen LogP contribution is -2.46. The second-order valence-electron chi connectivity index (χ2n) is 6.92. The van der Waals surface area contributed by atoms with Crippen LogP contribution in [0.2, 0.25) is 0 Å². The van der Waals surface area contributed by atoms with Crippen molar-refractivity contribution >= 4 is 0 Å². The Kier molecular flexibility index (Phi) is 2.81. The van der Waals surface area contributed by atoms with Gasteiger partial charge in [-0.1, -0.05) is 20.8 Å². The molecule has 1 aromatic heterocycles. The third-order valence-corrected chi connectivity index (χ3v) is 3.28. The maximum atomic E-state index is 4.70. The average molecular weight is 236 g/mol. The average Bonchev–Trinajstić information content (AvgIpc) is 2.57. The van der Waals surface area contributed by atoms with Crippen molar-refractivity contribution in [1.82, 2.24) is 19.7 Å². The summed E-state index contributed by atoms with van der Waals surface area (Å²) in [7, 11) is 0. The summed E-state index contributed by atoms with van der Waals surface area (Å²) in [5.74, 6) is 2.07. The highest BCUT2D eigenvalue weighted by Crippen LogP contribution is 2.23. The molecule has 2 heterocycles. The monoisotopic (exact) mass is 236 g/mol. The van der Waals surface area contributed by atoms with Gasteiger partial charge in [-0.25, -0.2) is 9.67 Å². The number of hydrogen-bond acceptors (Lipinski definition) is 3. The van der Waals surface area contributed by atoms with Gasteiger partial charge < -0.3 is 0 Å². The highest BCUT2D eigenvalue weighted by Gasteiger charge is 2.29. The van der Waals surface area contributed by atoms with E-state index in [0.717, 1.165) is 31.3 Å². The molecule has 1 aromatic rings. The van der Waals surface area contributed by atoms with Gasteiger partial charge in [-0.05, 0) is 20.8 Å². The van der Waals surface area contributed by atoms with Crippen LogP contribution in [0, 0.1) is 0 Å². The third kappa shape index (κ3) is 2.51. The minimum atomic E-state index is 0.0386. The highest BCUT2D eigenvalue weighted by atomic mass is 15.4. The topological polar surface area (TPSA) is 34.0 Å². The SMILES string of the molecule is CC(C)(C)c1nc2n(n1)CCN(C(C)(C)C)C2. The highest BCUT2D eigenvalue weighted by molar-refractivity contribution is 5.05. The molecule has 0 radical (unpaired) electrons. The van der Waals surface area contributed by atoms with Crippen molar-refractivity contribution in [3.63, 3.8) is 0 Å². The van der Waals surface area contributed by atoms with Gasteiger partial charge in [-0.15, -0.1) is 0 Å². The third-order valence-electron chi connectivity index (χ3n) is 3.28. The summed E-state index contributed by atoms with van der Waals surface area (Å²) in [6.45, 7) is 16.2. The fourth-order valence-corrected chi connectivity index (χ4v) is 2.03. The number of aromatic nitrogens is 3. The zero-order chi connectivity index (χ0) is 12.8. The van der Waals surface area contributed by atoms with E-state index in [4.69, 9.17) is 4.98 Å². The molecule has 17 heavy (non-hydrogen) atoms. The van der Waals surface area contributed by atoms with Crippen molar-refractivity contribution < 1.29 is 0 Å². The summed E-state index contributed by atoms with van der Waals surface area (Å²) >= 11 is 0. The molecule has 1 aliphatic heterocycles. The zero-order valence-electron chi connectivity index (χ0n) is 11.9. The quantitative estimate of drug-likeness (QED) is 0.692. The molecule has 0 saturated heterocycles. The molecule has 0 aromatic carbocycles. The fraction of sp³-hybridized carbons (Fsp3) is 0.846. The summed E-state index contributed by atoms with van der Waals surface area (Å²) in [5, 5.41) is 4.62. The van der Waals surface area contributed by atoms with Gasteiger partial charge in [0.2, 0.25) is 0 Å². The minimum Gasteiger partial charge on any atom is -0.289 e. The van der Waals surface area contributed by atoms with Gasteiger partial charge in [0.25, 0.3) is 0 Å². The first-order valence-corrected chi connectivity index (χ1v) is 6.37. The van der Waals surface area contributed by atoms with Crippen LogP contribution in [-0.4, -0.2) is 31.7 Å². The Balaban J connectivity index is 2.25. The van der Waals surface area contributed by atoms with Crippen LogP contribution < -0.4 is 0 Å². The molecule has 0 spiro atoms. The first kappa shape index (κ1) is 12.6. The zero-order valence-corrected chi connectivity index (χ0v) is 11.9. The van der Waals surface area contributed by atoms with Crippen LogP contribution in [0.1, 0.15) is 53.2 Å². The second kappa shape index (κ2) is 3.80. The Morgan fingerprint density at radius 3 is 2.18 bits per heavy atom. The van der Waals surface area contributed by atoms with Crippen molar-refractivity contribution in [2.24, 2.45) is 0 Å². The Labute approximate surface area is 104 Å². The van der Waals surface area contributed by atoms with Gasteiger partial charge in [-0.3, -0.25) is 4.90 Å². The maximum absolute atomic E-state index is 4.70. The molecule has 0 unspecified atom stereocenters. The molecule has 0 amide bonds. The molecule has 0 bridgehead atoms. The first-order valence-electron chi connectivity index (χ1n) is 6.37. The van der Waals surface area contributed by atoms with Gasteiger partial charge >= 0.3 is 0 Å². The van der Waals surface area contributed by atoms with E-state index in [9.17, 15) is 0 Å². The molecular formula is C13H24N4. The Morgan fingerprint density at radius 1 is 1.00 bits per heavy atom. The van der Waals surface area contributed by atoms with Crippen LogP contribution in [0.3, 0.4) is 0 Å². The predicted molar refractivity (Wildman–Crippen MR) is 68.9 cm³/mol. The molecule has 0 N–H and O–H groups in total. The van der Waals surface area contributed by atoms with Gasteiger partial charge in [0.15, 0.2) is 5.82 Å². The minimum absolute atomic E-state index is 0.0386. The van der Waals surface area contributed by atoms with Gasteiger partial charge in [0.05, 0.1) is 13.1 Å². The molecule has 0 aliphatic carbocycles. The van der Waals surface area contributed by atoms with Crippen LogP contribution >= 0.6 is 0 Å². The lowest BCUT2D eigenvalue weighted by atomic mass is 9.96. The Bertz CT molecular complexity index is 406. The van der Waals surface area contributed by atoms with Crippen LogP contribution in [0.5, 0.6) is 0 Å². The van der Waals surface area contributed by atoms with Crippen LogP contribution in [0.4, 0.5) is 0 Å². The first-order chi connectivity index (χ1) is 7.68. The number of fused-ring (bicyclic) bond motifs is 1. The molecule has 2 rings (SSSR count). The van der Waals surface area contributed by atoms with Crippen LogP contribution in [0.25, 0.3) is 0 Å².